The Kier molecular flexibility index (Phi) is 2.79. The maximum Gasteiger partial charge on any atom is 0.223 e. The molecule has 1 aliphatic carbocycles. The van der Waals surface area contributed by atoms with E-state index in [4.69, 9.17) is 13.1 Å². The molecule has 1 atom stereocenters. The molecule has 0 radical (unpaired) electrons. The van der Waals surface area contributed by atoms with Gasteiger partial charge in [0.05, 0.1) is 5.69 Å². The first-order valence-corrected chi connectivity index (χ1v) is 7.73. The van der Waals surface area contributed by atoms with Crippen LogP contribution in [0.5, 0.6) is 0 Å². The zero-order valence-corrected chi connectivity index (χ0v) is 13.1. The Morgan fingerprint density at radius 2 is 2.38 bits per heavy atom. The lowest BCUT2D eigenvalue weighted by molar-refractivity contribution is 0.0945. The highest BCUT2D eigenvalue weighted by Crippen LogP contribution is 2.38. The van der Waals surface area contributed by atoms with E-state index in [0.717, 1.165) is 24.0 Å². The van der Waals surface area contributed by atoms with E-state index in [0.29, 0.717) is 23.4 Å². The monoisotopic (exact) mass is 326 g/mol. The van der Waals surface area contributed by atoms with E-state index in [1.165, 1.54) is 6.39 Å². The molecule has 2 aromatic heterocycles. The van der Waals surface area contributed by atoms with Crippen molar-refractivity contribution in [2.45, 2.75) is 39.0 Å². The lowest BCUT2D eigenvalue weighted by Crippen LogP contribution is -2.06. The summed E-state index contributed by atoms with van der Waals surface area (Å²) in [5.41, 5.74) is 3.53. The molecule has 0 saturated heterocycles. The molecule has 0 amide bonds. The SMILES string of the molecule is [2H]C([2H])([2H])c1nc(-c2ccc3c(c2)CC[C@H]3CC(=O)c2ocnc2C)no1. The number of fused-ring (bicyclic) bond motifs is 1. The number of rotatable bonds is 4. The van der Waals surface area contributed by atoms with Crippen LogP contribution in [0.25, 0.3) is 11.4 Å². The largest absolute Gasteiger partial charge is 0.440 e. The van der Waals surface area contributed by atoms with E-state index in [2.05, 4.69) is 15.1 Å². The highest BCUT2D eigenvalue weighted by molar-refractivity contribution is 5.94. The van der Waals surface area contributed by atoms with Crippen LogP contribution < -0.4 is 0 Å². The number of benzene rings is 1. The lowest BCUT2D eigenvalue weighted by atomic mass is 9.94. The van der Waals surface area contributed by atoms with Gasteiger partial charge >= 0.3 is 0 Å². The molecular formula is C18H17N3O3. The van der Waals surface area contributed by atoms with E-state index in [-0.39, 0.29) is 23.4 Å². The number of carbonyl (C=O) groups excluding carboxylic acids is 1. The fourth-order valence-electron chi connectivity index (χ4n) is 3.28. The van der Waals surface area contributed by atoms with E-state index in [1.807, 2.05) is 18.2 Å². The van der Waals surface area contributed by atoms with Gasteiger partial charge in [-0.1, -0.05) is 17.3 Å². The Morgan fingerprint density at radius 3 is 3.12 bits per heavy atom. The molecule has 2 heterocycles. The minimum atomic E-state index is -2.42. The van der Waals surface area contributed by atoms with Crippen LogP contribution in [0.2, 0.25) is 0 Å². The smallest absolute Gasteiger partial charge is 0.223 e. The Balaban J connectivity index is 1.55. The predicted octanol–water partition coefficient (Wildman–Crippen LogP) is 3.64. The summed E-state index contributed by atoms with van der Waals surface area (Å²) in [5.74, 6) is 0.273. The summed E-state index contributed by atoms with van der Waals surface area (Å²) in [6.07, 6.45) is 3.36. The molecule has 0 spiro atoms. The normalized spacial score (nSPS) is 18.7. The number of Topliss-reactive ketones (excluding diaryl/α,β-unsaturated/α-hetero) is 1. The summed E-state index contributed by atoms with van der Waals surface area (Å²) in [4.78, 5) is 20.4. The van der Waals surface area contributed by atoms with Crippen molar-refractivity contribution in [1.82, 2.24) is 15.1 Å². The molecule has 0 fully saturated rings. The Hall–Kier alpha value is -2.76. The molecule has 0 saturated carbocycles. The number of carbonyl (C=O) groups is 1. The molecule has 1 aliphatic rings. The van der Waals surface area contributed by atoms with Gasteiger partial charge in [0, 0.05) is 22.9 Å². The van der Waals surface area contributed by atoms with Gasteiger partial charge in [-0.3, -0.25) is 4.79 Å². The Bertz CT molecular complexity index is 1010. The molecule has 0 N–H and O–H groups in total. The first-order chi connectivity index (χ1) is 12.8. The van der Waals surface area contributed by atoms with Crippen LogP contribution in [0.4, 0.5) is 0 Å². The molecule has 1 aromatic carbocycles. The summed E-state index contributed by atoms with van der Waals surface area (Å²) < 4.78 is 32.0. The van der Waals surface area contributed by atoms with E-state index in [1.54, 1.807) is 6.92 Å². The number of aromatic nitrogens is 3. The number of aryl methyl sites for hydroxylation is 3. The highest BCUT2D eigenvalue weighted by atomic mass is 16.5. The standard InChI is InChI=1S/C18H17N3O3/c1-10-17(23-9-19-10)16(22)8-13-4-3-12-7-14(5-6-15(12)13)18-20-11(2)24-21-18/h5-7,9,13H,3-4,8H2,1-2H3/t13-/m0/s1/i2D3. The van der Waals surface area contributed by atoms with Gasteiger partial charge in [-0.2, -0.15) is 4.98 Å². The van der Waals surface area contributed by atoms with Gasteiger partial charge < -0.3 is 8.94 Å². The van der Waals surface area contributed by atoms with Crippen molar-refractivity contribution in [3.63, 3.8) is 0 Å². The second kappa shape index (κ2) is 5.70. The van der Waals surface area contributed by atoms with Gasteiger partial charge in [0.1, 0.15) is 0 Å². The predicted molar refractivity (Wildman–Crippen MR) is 85.7 cm³/mol. The van der Waals surface area contributed by atoms with Crippen LogP contribution in [0.15, 0.2) is 33.5 Å². The summed E-state index contributed by atoms with van der Waals surface area (Å²) in [7, 11) is 0. The Morgan fingerprint density at radius 1 is 1.46 bits per heavy atom. The number of hydrogen-bond acceptors (Lipinski definition) is 6. The minimum Gasteiger partial charge on any atom is -0.440 e. The molecular weight excluding hydrogens is 306 g/mol. The van der Waals surface area contributed by atoms with Crippen molar-refractivity contribution < 1.29 is 17.8 Å². The third kappa shape index (κ3) is 2.54. The van der Waals surface area contributed by atoms with Crippen molar-refractivity contribution in [3.05, 3.63) is 53.1 Å². The van der Waals surface area contributed by atoms with Crippen LogP contribution in [0.1, 0.15) is 56.1 Å². The number of nitrogens with zero attached hydrogens (tertiary/aromatic N) is 3. The summed E-state index contributed by atoms with van der Waals surface area (Å²) in [6, 6.07) is 5.72. The third-order valence-corrected chi connectivity index (χ3v) is 4.46. The summed E-state index contributed by atoms with van der Waals surface area (Å²) in [5, 5.41) is 3.77. The summed E-state index contributed by atoms with van der Waals surface area (Å²) >= 11 is 0. The van der Waals surface area contributed by atoms with Crippen LogP contribution in [-0.2, 0) is 6.42 Å². The minimum absolute atomic E-state index is 0.0487. The van der Waals surface area contributed by atoms with Crippen LogP contribution in [-0.4, -0.2) is 20.9 Å². The van der Waals surface area contributed by atoms with Crippen molar-refractivity contribution in [2.24, 2.45) is 0 Å². The molecule has 3 aromatic rings. The molecule has 24 heavy (non-hydrogen) atoms. The van der Waals surface area contributed by atoms with E-state index in [9.17, 15) is 4.79 Å². The van der Waals surface area contributed by atoms with Gasteiger partial charge in [0.25, 0.3) is 0 Å². The van der Waals surface area contributed by atoms with Crippen molar-refractivity contribution in [2.75, 3.05) is 0 Å². The van der Waals surface area contributed by atoms with Gasteiger partial charge in [0.15, 0.2) is 12.2 Å². The van der Waals surface area contributed by atoms with Gasteiger partial charge in [-0.05, 0) is 42.9 Å². The second-order valence-electron chi connectivity index (χ2n) is 5.97. The van der Waals surface area contributed by atoms with E-state index < -0.39 is 6.85 Å². The average Bonchev–Trinajstić information content (AvgIpc) is 3.33. The zero-order chi connectivity index (χ0) is 19.2. The first-order valence-electron chi connectivity index (χ1n) is 9.23. The molecule has 122 valence electrons. The second-order valence-corrected chi connectivity index (χ2v) is 5.97. The number of ketones is 1. The van der Waals surface area contributed by atoms with E-state index >= 15 is 0 Å². The molecule has 4 rings (SSSR count). The average molecular weight is 326 g/mol. The molecule has 0 unspecified atom stereocenters. The van der Waals surface area contributed by atoms with Crippen molar-refractivity contribution in [3.8, 4) is 11.4 Å². The quantitative estimate of drug-likeness (QED) is 0.681. The zero-order valence-electron chi connectivity index (χ0n) is 16.1. The number of hydrogen-bond donors (Lipinski definition) is 0. The van der Waals surface area contributed by atoms with Gasteiger partial charge in [0.2, 0.25) is 17.5 Å². The van der Waals surface area contributed by atoms with Crippen molar-refractivity contribution in [1.29, 1.82) is 0 Å². The van der Waals surface area contributed by atoms with Crippen LogP contribution in [0.3, 0.4) is 0 Å². The maximum atomic E-state index is 12.5. The fourth-order valence-corrected chi connectivity index (χ4v) is 3.28. The topological polar surface area (TPSA) is 82.0 Å². The highest BCUT2D eigenvalue weighted by Gasteiger charge is 2.27. The van der Waals surface area contributed by atoms with Crippen molar-refractivity contribution >= 4 is 5.78 Å². The summed E-state index contributed by atoms with van der Waals surface area (Å²) in [6.45, 7) is -0.670. The van der Waals surface area contributed by atoms with Gasteiger partial charge in [-0.25, -0.2) is 4.98 Å². The lowest BCUT2D eigenvalue weighted by Gasteiger charge is -2.10. The third-order valence-electron chi connectivity index (χ3n) is 4.46. The van der Waals surface area contributed by atoms with Gasteiger partial charge in [-0.15, -0.1) is 0 Å². The maximum absolute atomic E-state index is 12.5. The molecule has 6 nitrogen and oxygen atoms in total. The van der Waals surface area contributed by atoms with Crippen LogP contribution >= 0.6 is 0 Å². The molecule has 0 bridgehead atoms. The fraction of sp³-hybridized carbons (Fsp3) is 0.333. The van der Waals surface area contributed by atoms with Crippen LogP contribution in [0, 0.1) is 13.8 Å². The molecule has 6 heteroatoms. The number of oxazole rings is 1. The molecule has 0 aliphatic heterocycles. The first kappa shape index (κ1) is 11.7. The Labute approximate surface area is 143 Å².